The Labute approximate surface area is 321 Å². The molecule has 0 saturated heterocycles. The number of aromatic nitrogens is 2. The van der Waals surface area contributed by atoms with Crippen molar-refractivity contribution in [2.75, 3.05) is 0 Å². The smallest absolute Gasteiger partial charge is 0.0555 e. The summed E-state index contributed by atoms with van der Waals surface area (Å²) in [7, 11) is 0. The Balaban J connectivity index is 1.09. The van der Waals surface area contributed by atoms with Crippen LogP contribution in [0.25, 0.3) is 108 Å². The average Bonchev–Trinajstić information content (AvgIpc) is 3.89. The third-order valence-electron chi connectivity index (χ3n) is 11.5. The Morgan fingerprint density at radius 2 is 0.891 bits per heavy atom. The zero-order valence-corrected chi connectivity index (χ0v) is 30.6. The van der Waals surface area contributed by atoms with Gasteiger partial charge in [0.1, 0.15) is 0 Å². The fourth-order valence-electron chi connectivity index (χ4n) is 8.97. The predicted octanol–water partition coefficient (Wildman–Crippen LogP) is 14.7. The highest BCUT2D eigenvalue weighted by molar-refractivity contribution is 7.25. The highest BCUT2D eigenvalue weighted by Crippen LogP contribution is 2.43. The van der Waals surface area contributed by atoms with E-state index in [1.165, 1.54) is 102 Å². The van der Waals surface area contributed by atoms with Gasteiger partial charge in [-0.15, -0.1) is 11.3 Å². The van der Waals surface area contributed by atoms with Crippen molar-refractivity contribution >= 4 is 85.9 Å². The minimum absolute atomic E-state index is 1.16. The lowest BCUT2D eigenvalue weighted by Gasteiger charge is -2.12. The van der Waals surface area contributed by atoms with Gasteiger partial charge in [-0.3, -0.25) is 0 Å². The zero-order chi connectivity index (χ0) is 36.0. The van der Waals surface area contributed by atoms with E-state index in [-0.39, 0.29) is 0 Å². The molecule has 9 aromatic carbocycles. The molecular weight excluding hydrogens is 685 g/mol. The molecule has 256 valence electrons. The third-order valence-corrected chi connectivity index (χ3v) is 12.6. The summed E-state index contributed by atoms with van der Waals surface area (Å²) < 4.78 is 7.54. The van der Waals surface area contributed by atoms with Crippen LogP contribution in [0.4, 0.5) is 0 Å². The monoisotopic (exact) mass is 716 g/mol. The Morgan fingerprint density at radius 1 is 0.291 bits per heavy atom. The molecule has 0 aliphatic carbocycles. The second-order valence-electron chi connectivity index (χ2n) is 14.5. The topological polar surface area (TPSA) is 9.86 Å². The van der Waals surface area contributed by atoms with Crippen LogP contribution in [0.3, 0.4) is 0 Å². The zero-order valence-electron chi connectivity index (χ0n) is 29.8. The van der Waals surface area contributed by atoms with E-state index >= 15 is 0 Å². The summed E-state index contributed by atoms with van der Waals surface area (Å²) in [5, 5.41) is 10.2. The maximum Gasteiger partial charge on any atom is 0.0555 e. The van der Waals surface area contributed by atoms with E-state index in [0.717, 1.165) is 5.69 Å². The molecule has 0 bridgehead atoms. The maximum absolute atomic E-state index is 2.49. The first-order valence-electron chi connectivity index (χ1n) is 18.8. The SMILES string of the molecule is c1ccc(-c2cccc(-n3c4ccccc4c4cc(-c5ccc6c(c5)c5cc7c(cc5n6-c5cccc6ccccc56)sc5ccccc57)ccc43)c2)cc1. The van der Waals surface area contributed by atoms with Crippen molar-refractivity contribution in [3.63, 3.8) is 0 Å². The van der Waals surface area contributed by atoms with Gasteiger partial charge >= 0.3 is 0 Å². The van der Waals surface area contributed by atoms with Gasteiger partial charge in [0.2, 0.25) is 0 Å². The predicted molar refractivity (Wildman–Crippen MR) is 236 cm³/mol. The molecule has 0 amide bonds. The largest absolute Gasteiger partial charge is 0.309 e. The molecule has 0 N–H and O–H groups in total. The molecule has 0 radical (unpaired) electrons. The van der Waals surface area contributed by atoms with Crippen LogP contribution in [-0.2, 0) is 0 Å². The van der Waals surface area contributed by atoms with Gasteiger partial charge in [0, 0.05) is 52.8 Å². The first kappa shape index (κ1) is 30.5. The van der Waals surface area contributed by atoms with Crippen LogP contribution in [0.5, 0.6) is 0 Å². The van der Waals surface area contributed by atoms with Crippen molar-refractivity contribution < 1.29 is 0 Å². The summed E-state index contributed by atoms with van der Waals surface area (Å²) in [5.74, 6) is 0. The van der Waals surface area contributed by atoms with E-state index in [1.807, 2.05) is 11.3 Å². The molecule has 0 spiro atoms. The van der Waals surface area contributed by atoms with Crippen LogP contribution in [-0.4, -0.2) is 9.13 Å². The van der Waals surface area contributed by atoms with Crippen molar-refractivity contribution in [3.05, 3.63) is 194 Å². The minimum atomic E-state index is 1.16. The van der Waals surface area contributed by atoms with Gasteiger partial charge < -0.3 is 9.13 Å². The summed E-state index contributed by atoms with van der Waals surface area (Å²) in [5.41, 5.74) is 12.1. The van der Waals surface area contributed by atoms with Crippen LogP contribution in [0, 0.1) is 0 Å². The highest BCUT2D eigenvalue weighted by atomic mass is 32.1. The van der Waals surface area contributed by atoms with Crippen molar-refractivity contribution in [2.45, 2.75) is 0 Å². The number of rotatable bonds is 4. The first-order valence-corrected chi connectivity index (χ1v) is 19.7. The summed E-state index contributed by atoms with van der Waals surface area (Å²) in [6.07, 6.45) is 0. The van der Waals surface area contributed by atoms with Crippen LogP contribution < -0.4 is 0 Å². The third kappa shape index (κ3) is 4.60. The summed E-state index contributed by atoms with van der Waals surface area (Å²) in [4.78, 5) is 0. The van der Waals surface area contributed by atoms with Gasteiger partial charge in [-0.25, -0.2) is 0 Å². The van der Waals surface area contributed by atoms with Crippen molar-refractivity contribution in [1.29, 1.82) is 0 Å². The summed E-state index contributed by atoms with van der Waals surface area (Å²) in [6.45, 7) is 0. The number of thiophene rings is 1. The van der Waals surface area contributed by atoms with Gasteiger partial charge in [0.15, 0.2) is 0 Å². The molecule has 55 heavy (non-hydrogen) atoms. The molecule has 0 aliphatic rings. The van der Waals surface area contributed by atoms with Gasteiger partial charge in [-0.05, 0) is 94.4 Å². The Kier molecular flexibility index (Phi) is 6.54. The molecule has 0 atom stereocenters. The summed E-state index contributed by atoms with van der Waals surface area (Å²) in [6, 6.07) is 71.5. The molecule has 12 rings (SSSR count). The van der Waals surface area contributed by atoms with Gasteiger partial charge in [0.25, 0.3) is 0 Å². The Bertz CT molecular complexity index is 3480. The molecule has 0 aliphatic heterocycles. The van der Waals surface area contributed by atoms with Crippen molar-refractivity contribution in [1.82, 2.24) is 9.13 Å². The molecule has 0 saturated carbocycles. The van der Waals surface area contributed by atoms with Crippen LogP contribution in [0.1, 0.15) is 0 Å². The number of fused-ring (bicyclic) bond motifs is 10. The number of hydrogen-bond donors (Lipinski definition) is 0. The number of benzene rings is 9. The quantitative estimate of drug-likeness (QED) is 0.172. The lowest BCUT2D eigenvalue weighted by atomic mass is 10.00. The molecule has 3 heteroatoms. The molecule has 3 heterocycles. The molecule has 12 aromatic rings. The van der Waals surface area contributed by atoms with Crippen molar-refractivity contribution in [3.8, 4) is 33.6 Å². The Hall–Kier alpha value is -6.94. The Morgan fingerprint density at radius 3 is 1.75 bits per heavy atom. The van der Waals surface area contributed by atoms with Crippen LogP contribution >= 0.6 is 11.3 Å². The maximum atomic E-state index is 2.49. The fraction of sp³-hybridized carbons (Fsp3) is 0. The van der Waals surface area contributed by atoms with E-state index < -0.39 is 0 Å². The van der Waals surface area contributed by atoms with E-state index in [9.17, 15) is 0 Å². The summed E-state index contributed by atoms with van der Waals surface area (Å²) >= 11 is 1.88. The molecule has 3 aromatic heterocycles. The number of para-hydroxylation sites is 1. The van der Waals surface area contributed by atoms with Gasteiger partial charge in [-0.1, -0.05) is 127 Å². The molecule has 2 nitrogen and oxygen atoms in total. The standard InChI is InChI=1S/C52H32N2S/c1-2-12-33(13-3-1)35-16-10-17-38(28-35)53-47-21-8-6-19-40(47)42-29-36(24-26-48(42)53)37-25-27-49-43(30-37)44-31-45-41-20-7-9-23-51(41)55-52(45)32-50(44)54(49)46-22-11-15-34-14-4-5-18-39(34)46/h1-32H. The lowest BCUT2D eigenvalue weighted by molar-refractivity contribution is 1.18. The number of hydrogen-bond acceptors (Lipinski definition) is 1. The van der Waals surface area contributed by atoms with E-state index in [1.54, 1.807) is 0 Å². The second-order valence-corrected chi connectivity index (χ2v) is 15.6. The van der Waals surface area contributed by atoms with Crippen molar-refractivity contribution in [2.24, 2.45) is 0 Å². The molecular formula is C52H32N2S. The minimum Gasteiger partial charge on any atom is -0.309 e. The lowest BCUT2D eigenvalue weighted by Crippen LogP contribution is -1.95. The van der Waals surface area contributed by atoms with Gasteiger partial charge in [0.05, 0.1) is 27.8 Å². The van der Waals surface area contributed by atoms with Crippen LogP contribution in [0.15, 0.2) is 194 Å². The van der Waals surface area contributed by atoms with E-state index in [4.69, 9.17) is 0 Å². The van der Waals surface area contributed by atoms with E-state index in [2.05, 4.69) is 203 Å². The highest BCUT2D eigenvalue weighted by Gasteiger charge is 2.19. The fourth-order valence-corrected chi connectivity index (χ4v) is 10.1. The second kappa shape index (κ2) is 11.8. The number of nitrogens with zero attached hydrogens (tertiary/aromatic N) is 2. The molecule has 0 unspecified atom stereocenters. The van der Waals surface area contributed by atoms with E-state index in [0.29, 0.717) is 0 Å². The first-order chi connectivity index (χ1) is 27.3. The van der Waals surface area contributed by atoms with Gasteiger partial charge in [-0.2, -0.15) is 0 Å². The average molecular weight is 717 g/mol. The van der Waals surface area contributed by atoms with Crippen LogP contribution in [0.2, 0.25) is 0 Å². The molecule has 0 fully saturated rings. The normalized spacial score (nSPS) is 12.0.